The van der Waals surface area contributed by atoms with Gasteiger partial charge >= 0.3 is 0 Å². The molecule has 0 aliphatic carbocycles. The molecule has 0 radical (unpaired) electrons. The summed E-state index contributed by atoms with van der Waals surface area (Å²) in [6.45, 7) is 1.02. The number of rotatable bonds is 9. The monoisotopic (exact) mass is 461 g/mol. The van der Waals surface area contributed by atoms with Crippen LogP contribution in [0.25, 0.3) is 11.2 Å². The molecule has 2 aromatic heterocycles. The third-order valence-electron chi connectivity index (χ3n) is 5.96. The van der Waals surface area contributed by atoms with Gasteiger partial charge in [-0.15, -0.1) is 0 Å². The molecule has 176 valence electrons. The SMILES string of the molecule is Nc1ncnc2c1ncn2C[C@@H]1O[C@H](CO)[C@@H](OCc2ccccc2)[C@@H]1OCc1ccccc1. The Balaban J connectivity index is 1.39. The van der Waals surface area contributed by atoms with Crippen LogP contribution in [0.15, 0.2) is 73.3 Å². The maximum absolute atomic E-state index is 10.1. The van der Waals surface area contributed by atoms with Crippen molar-refractivity contribution in [3.63, 3.8) is 0 Å². The van der Waals surface area contributed by atoms with Crippen molar-refractivity contribution in [1.82, 2.24) is 19.5 Å². The van der Waals surface area contributed by atoms with Crippen LogP contribution in [0.3, 0.4) is 0 Å². The van der Waals surface area contributed by atoms with Gasteiger partial charge in [-0.05, 0) is 11.1 Å². The van der Waals surface area contributed by atoms with Gasteiger partial charge in [0.1, 0.15) is 36.3 Å². The molecular formula is C25H27N5O4. The van der Waals surface area contributed by atoms with Crippen LogP contribution in [0.2, 0.25) is 0 Å². The Kier molecular flexibility index (Phi) is 6.77. The molecule has 0 saturated carbocycles. The lowest BCUT2D eigenvalue weighted by molar-refractivity contribution is -0.0838. The van der Waals surface area contributed by atoms with E-state index in [4.69, 9.17) is 19.9 Å². The molecule has 34 heavy (non-hydrogen) atoms. The number of ether oxygens (including phenoxy) is 3. The highest BCUT2D eigenvalue weighted by Gasteiger charge is 2.46. The molecule has 4 aromatic rings. The second-order valence-electron chi connectivity index (χ2n) is 8.25. The first-order valence-corrected chi connectivity index (χ1v) is 11.2. The first-order chi connectivity index (χ1) is 16.7. The smallest absolute Gasteiger partial charge is 0.165 e. The van der Waals surface area contributed by atoms with Gasteiger partial charge in [-0.25, -0.2) is 15.0 Å². The Morgan fingerprint density at radius 3 is 2.09 bits per heavy atom. The number of fused-ring (bicyclic) bond motifs is 1. The van der Waals surface area contributed by atoms with Crippen molar-refractivity contribution in [2.24, 2.45) is 0 Å². The Hall–Kier alpha value is -3.37. The van der Waals surface area contributed by atoms with Crippen molar-refractivity contribution >= 4 is 17.0 Å². The molecule has 3 N–H and O–H groups in total. The molecule has 0 spiro atoms. The molecule has 0 unspecified atom stereocenters. The van der Waals surface area contributed by atoms with Gasteiger partial charge in [0.2, 0.25) is 0 Å². The van der Waals surface area contributed by atoms with Crippen molar-refractivity contribution in [3.8, 4) is 0 Å². The summed E-state index contributed by atoms with van der Waals surface area (Å²) in [6.07, 6.45) is 1.29. The van der Waals surface area contributed by atoms with Crippen LogP contribution in [0.5, 0.6) is 0 Å². The summed E-state index contributed by atoms with van der Waals surface area (Å²) < 4.78 is 20.7. The van der Waals surface area contributed by atoms with E-state index >= 15 is 0 Å². The number of aliphatic hydroxyl groups is 1. The van der Waals surface area contributed by atoms with Gasteiger partial charge in [0, 0.05) is 0 Å². The number of hydrogen-bond acceptors (Lipinski definition) is 8. The van der Waals surface area contributed by atoms with Crippen molar-refractivity contribution in [2.45, 2.75) is 44.2 Å². The summed E-state index contributed by atoms with van der Waals surface area (Å²) in [5.74, 6) is 0.324. The minimum atomic E-state index is -0.524. The van der Waals surface area contributed by atoms with E-state index in [2.05, 4.69) is 15.0 Å². The summed E-state index contributed by atoms with van der Waals surface area (Å²) in [6, 6.07) is 19.9. The van der Waals surface area contributed by atoms with E-state index in [1.165, 1.54) is 6.33 Å². The fourth-order valence-corrected chi connectivity index (χ4v) is 4.26. The lowest BCUT2D eigenvalue weighted by Gasteiger charge is -2.25. The lowest BCUT2D eigenvalue weighted by atomic mass is 10.1. The minimum absolute atomic E-state index is 0.180. The van der Waals surface area contributed by atoms with E-state index in [9.17, 15) is 5.11 Å². The second-order valence-corrected chi connectivity index (χ2v) is 8.25. The zero-order valence-electron chi connectivity index (χ0n) is 18.6. The Morgan fingerprint density at radius 2 is 1.47 bits per heavy atom. The minimum Gasteiger partial charge on any atom is -0.394 e. The maximum Gasteiger partial charge on any atom is 0.165 e. The van der Waals surface area contributed by atoms with Crippen LogP contribution < -0.4 is 5.73 Å². The molecule has 2 aromatic carbocycles. The maximum atomic E-state index is 10.1. The summed E-state index contributed by atoms with van der Waals surface area (Å²) >= 11 is 0. The van der Waals surface area contributed by atoms with Crippen LogP contribution in [0.1, 0.15) is 11.1 Å². The third kappa shape index (κ3) is 4.78. The van der Waals surface area contributed by atoms with E-state index in [0.717, 1.165) is 11.1 Å². The van der Waals surface area contributed by atoms with E-state index in [1.807, 2.05) is 65.2 Å². The van der Waals surface area contributed by atoms with E-state index < -0.39 is 24.4 Å². The van der Waals surface area contributed by atoms with E-state index in [1.54, 1.807) is 6.33 Å². The first-order valence-electron chi connectivity index (χ1n) is 11.2. The van der Waals surface area contributed by atoms with Gasteiger partial charge in [-0.2, -0.15) is 0 Å². The molecule has 3 heterocycles. The molecule has 4 atom stereocenters. The van der Waals surface area contributed by atoms with Crippen molar-refractivity contribution in [3.05, 3.63) is 84.4 Å². The molecule has 0 bridgehead atoms. The fraction of sp³-hybridized carbons (Fsp3) is 0.320. The third-order valence-corrected chi connectivity index (χ3v) is 5.96. The van der Waals surface area contributed by atoms with Gasteiger partial charge in [0.15, 0.2) is 11.5 Å². The van der Waals surface area contributed by atoms with Crippen molar-refractivity contribution in [2.75, 3.05) is 12.3 Å². The lowest BCUT2D eigenvalue weighted by Crippen LogP contribution is -2.39. The second kappa shape index (κ2) is 10.3. The molecule has 1 aliphatic heterocycles. The molecule has 9 heteroatoms. The number of anilines is 1. The predicted octanol–water partition coefficient (Wildman–Crippen LogP) is 2.34. The molecule has 9 nitrogen and oxygen atoms in total. The average Bonchev–Trinajstić information content (AvgIpc) is 3.44. The number of aromatic nitrogens is 4. The number of nitrogens with zero attached hydrogens (tertiary/aromatic N) is 4. The standard InChI is InChI=1S/C25H27N5O4/c26-24-21-25(28-15-27-24)30(16-29-21)11-19-22(32-13-17-7-3-1-4-8-17)23(20(12-31)34-19)33-14-18-9-5-2-6-10-18/h1-10,15-16,19-20,22-23,31H,11-14H2,(H2,26,27,28)/t19-,20+,22+,23+/m0/s1. The first kappa shape index (κ1) is 22.4. The highest BCUT2D eigenvalue weighted by Crippen LogP contribution is 2.30. The predicted molar refractivity (Wildman–Crippen MR) is 126 cm³/mol. The highest BCUT2D eigenvalue weighted by atomic mass is 16.6. The Labute approximate surface area is 197 Å². The van der Waals surface area contributed by atoms with Gasteiger partial charge in [0.25, 0.3) is 0 Å². The van der Waals surface area contributed by atoms with Crippen molar-refractivity contribution in [1.29, 1.82) is 0 Å². The van der Waals surface area contributed by atoms with Gasteiger partial charge in [-0.1, -0.05) is 60.7 Å². The Bertz CT molecular complexity index is 1200. The number of imidazole rings is 1. The number of nitrogen functional groups attached to an aromatic ring is 1. The molecular weight excluding hydrogens is 434 g/mol. The van der Waals surface area contributed by atoms with Crippen LogP contribution in [-0.4, -0.2) is 55.6 Å². The zero-order valence-corrected chi connectivity index (χ0v) is 18.6. The van der Waals surface area contributed by atoms with Gasteiger partial charge in [-0.3, -0.25) is 0 Å². The van der Waals surface area contributed by atoms with Gasteiger partial charge in [0.05, 0.1) is 32.7 Å². The van der Waals surface area contributed by atoms with Gasteiger partial charge < -0.3 is 29.6 Å². The summed E-state index contributed by atoms with van der Waals surface area (Å²) in [5.41, 5.74) is 9.18. The molecule has 5 rings (SSSR count). The van der Waals surface area contributed by atoms with E-state index in [0.29, 0.717) is 36.7 Å². The molecule has 0 amide bonds. The largest absolute Gasteiger partial charge is 0.394 e. The zero-order chi connectivity index (χ0) is 23.3. The number of benzene rings is 2. The quantitative estimate of drug-likeness (QED) is 0.390. The topological polar surface area (TPSA) is 118 Å². The number of hydrogen-bond donors (Lipinski definition) is 2. The fourth-order valence-electron chi connectivity index (χ4n) is 4.26. The summed E-state index contributed by atoms with van der Waals surface area (Å²) in [5, 5.41) is 10.1. The highest BCUT2D eigenvalue weighted by molar-refractivity contribution is 5.81. The normalized spacial score (nSPS) is 22.4. The molecule has 1 aliphatic rings. The molecule has 1 fully saturated rings. The average molecular weight is 462 g/mol. The van der Waals surface area contributed by atoms with Crippen LogP contribution >= 0.6 is 0 Å². The van der Waals surface area contributed by atoms with Crippen LogP contribution in [0.4, 0.5) is 5.82 Å². The number of nitrogens with two attached hydrogens (primary N) is 1. The Morgan fingerprint density at radius 1 is 0.853 bits per heavy atom. The van der Waals surface area contributed by atoms with Crippen molar-refractivity contribution < 1.29 is 19.3 Å². The molecule has 1 saturated heterocycles. The number of aliphatic hydroxyl groups excluding tert-OH is 1. The summed E-state index contributed by atoms with van der Waals surface area (Å²) in [4.78, 5) is 12.7. The van der Waals surface area contributed by atoms with Crippen LogP contribution in [0, 0.1) is 0 Å². The van der Waals surface area contributed by atoms with Crippen LogP contribution in [-0.2, 0) is 34.0 Å². The summed E-state index contributed by atoms with van der Waals surface area (Å²) in [7, 11) is 0. The van der Waals surface area contributed by atoms with E-state index in [-0.39, 0.29) is 6.61 Å².